The van der Waals surface area contributed by atoms with Gasteiger partial charge in [-0.1, -0.05) is 54.5 Å². The van der Waals surface area contributed by atoms with Gasteiger partial charge < -0.3 is 14.2 Å². The van der Waals surface area contributed by atoms with Crippen molar-refractivity contribution in [3.8, 4) is 17.1 Å². The molecule has 1 saturated heterocycles. The van der Waals surface area contributed by atoms with Gasteiger partial charge in [-0.05, 0) is 30.5 Å². The van der Waals surface area contributed by atoms with Crippen molar-refractivity contribution in [1.29, 1.82) is 0 Å². The fourth-order valence-electron chi connectivity index (χ4n) is 3.77. The average Bonchev–Trinajstić information content (AvgIpc) is 3.37. The highest BCUT2D eigenvalue weighted by atomic mass is 16.5. The lowest BCUT2D eigenvalue weighted by Crippen LogP contribution is -2.29. The fourth-order valence-corrected chi connectivity index (χ4v) is 3.77. The molecule has 0 spiro atoms. The molecule has 0 aliphatic carbocycles. The first-order valence-corrected chi connectivity index (χ1v) is 10.0. The normalized spacial score (nSPS) is 17.5. The maximum Gasteiger partial charge on any atom is 0.232 e. The van der Waals surface area contributed by atoms with Crippen LogP contribution in [0.5, 0.6) is 5.75 Å². The van der Waals surface area contributed by atoms with Gasteiger partial charge in [-0.2, -0.15) is 4.98 Å². The van der Waals surface area contributed by atoms with Crippen molar-refractivity contribution in [3.63, 3.8) is 0 Å². The van der Waals surface area contributed by atoms with E-state index in [1.54, 1.807) is 0 Å². The predicted octanol–water partition coefficient (Wildman–Crippen LogP) is 4.25. The Kier molecular flexibility index (Phi) is 5.60. The number of aromatic nitrogens is 2. The molecule has 2 aromatic carbocycles. The van der Waals surface area contributed by atoms with E-state index < -0.39 is 0 Å². The number of amides is 1. The van der Waals surface area contributed by atoms with Crippen LogP contribution in [0, 0.1) is 0 Å². The number of hydrogen-bond donors (Lipinski definition) is 0. The molecule has 6 nitrogen and oxygen atoms in total. The quantitative estimate of drug-likeness (QED) is 0.602. The first-order chi connectivity index (χ1) is 14.2. The van der Waals surface area contributed by atoms with E-state index in [1.807, 2.05) is 54.3 Å². The Morgan fingerprint density at radius 2 is 1.93 bits per heavy atom. The third-order valence-corrected chi connectivity index (χ3v) is 5.30. The SMILES string of the molecule is CCOc1ccccc1-c1noc(C2CC(=O)N(CC(C)c3ccccc3)C2)n1. The summed E-state index contributed by atoms with van der Waals surface area (Å²) in [5, 5.41) is 4.14. The monoisotopic (exact) mass is 391 g/mol. The molecule has 4 rings (SSSR count). The smallest absolute Gasteiger partial charge is 0.232 e. The maximum atomic E-state index is 12.6. The molecule has 3 aromatic rings. The van der Waals surface area contributed by atoms with Gasteiger partial charge in [0.15, 0.2) is 0 Å². The summed E-state index contributed by atoms with van der Waals surface area (Å²) in [6, 6.07) is 17.9. The van der Waals surface area contributed by atoms with Crippen LogP contribution in [-0.2, 0) is 4.79 Å². The van der Waals surface area contributed by atoms with E-state index in [0.717, 1.165) is 11.3 Å². The molecule has 1 aliphatic heterocycles. The molecule has 6 heteroatoms. The minimum absolute atomic E-state index is 0.0778. The molecule has 1 fully saturated rings. The first kappa shape index (κ1) is 19.2. The molecule has 2 unspecified atom stereocenters. The number of rotatable bonds is 7. The highest BCUT2D eigenvalue weighted by Gasteiger charge is 2.35. The number of carbonyl (C=O) groups excluding carboxylic acids is 1. The molecule has 29 heavy (non-hydrogen) atoms. The zero-order valence-corrected chi connectivity index (χ0v) is 16.7. The van der Waals surface area contributed by atoms with Gasteiger partial charge in [-0.3, -0.25) is 4.79 Å². The summed E-state index contributed by atoms with van der Waals surface area (Å²) in [5.41, 5.74) is 2.03. The zero-order valence-electron chi connectivity index (χ0n) is 16.7. The van der Waals surface area contributed by atoms with Crippen molar-refractivity contribution in [2.24, 2.45) is 0 Å². The molecule has 0 bridgehead atoms. The molecule has 0 N–H and O–H groups in total. The third kappa shape index (κ3) is 4.16. The van der Waals surface area contributed by atoms with Crippen LogP contribution in [0.1, 0.15) is 43.6 Å². The van der Waals surface area contributed by atoms with Gasteiger partial charge in [0.05, 0.1) is 18.1 Å². The Bertz CT molecular complexity index is 970. The molecule has 1 amide bonds. The van der Waals surface area contributed by atoms with Gasteiger partial charge in [-0.25, -0.2) is 0 Å². The summed E-state index contributed by atoms with van der Waals surface area (Å²) in [5.74, 6) is 2.05. The molecule has 2 heterocycles. The van der Waals surface area contributed by atoms with Crippen molar-refractivity contribution in [2.45, 2.75) is 32.1 Å². The van der Waals surface area contributed by atoms with Crippen molar-refractivity contribution >= 4 is 5.91 Å². The van der Waals surface area contributed by atoms with E-state index in [-0.39, 0.29) is 17.7 Å². The molecule has 0 radical (unpaired) electrons. The first-order valence-electron chi connectivity index (χ1n) is 10.0. The number of para-hydroxylation sites is 1. The van der Waals surface area contributed by atoms with E-state index in [0.29, 0.717) is 37.8 Å². The fraction of sp³-hybridized carbons (Fsp3) is 0.348. The third-order valence-electron chi connectivity index (χ3n) is 5.30. The molecular formula is C23H25N3O3. The van der Waals surface area contributed by atoms with Crippen LogP contribution < -0.4 is 4.74 Å². The molecule has 2 atom stereocenters. The standard InChI is InChI=1S/C23H25N3O3/c1-3-28-20-12-8-7-11-19(20)22-24-23(29-25-22)18-13-21(27)26(15-18)14-16(2)17-9-5-4-6-10-17/h4-12,16,18H,3,13-15H2,1-2H3. The highest BCUT2D eigenvalue weighted by Crippen LogP contribution is 2.32. The van der Waals surface area contributed by atoms with Crippen LogP contribution >= 0.6 is 0 Å². The Balaban J connectivity index is 1.46. The number of carbonyl (C=O) groups is 1. The average molecular weight is 391 g/mol. The van der Waals surface area contributed by atoms with E-state index in [4.69, 9.17) is 9.26 Å². The van der Waals surface area contributed by atoms with Crippen LogP contribution in [0.2, 0.25) is 0 Å². The molecule has 0 saturated carbocycles. The lowest BCUT2D eigenvalue weighted by Gasteiger charge is -2.21. The minimum atomic E-state index is -0.0778. The Labute approximate surface area is 170 Å². The summed E-state index contributed by atoms with van der Waals surface area (Å²) in [7, 11) is 0. The van der Waals surface area contributed by atoms with E-state index in [9.17, 15) is 4.79 Å². The number of likely N-dealkylation sites (tertiary alicyclic amines) is 1. The van der Waals surface area contributed by atoms with Crippen molar-refractivity contribution < 1.29 is 14.1 Å². The number of hydrogen-bond acceptors (Lipinski definition) is 5. The Hall–Kier alpha value is -3.15. The van der Waals surface area contributed by atoms with Crippen LogP contribution in [0.3, 0.4) is 0 Å². The molecule has 150 valence electrons. The predicted molar refractivity (Wildman–Crippen MR) is 110 cm³/mol. The summed E-state index contributed by atoms with van der Waals surface area (Å²) in [6.45, 7) is 5.94. The molecular weight excluding hydrogens is 366 g/mol. The van der Waals surface area contributed by atoms with Crippen LogP contribution in [0.15, 0.2) is 59.1 Å². The van der Waals surface area contributed by atoms with Gasteiger partial charge in [0.2, 0.25) is 17.6 Å². The van der Waals surface area contributed by atoms with E-state index in [1.165, 1.54) is 5.56 Å². The van der Waals surface area contributed by atoms with Gasteiger partial charge >= 0.3 is 0 Å². The lowest BCUT2D eigenvalue weighted by molar-refractivity contribution is -0.127. The molecule has 1 aromatic heterocycles. The van der Waals surface area contributed by atoms with E-state index >= 15 is 0 Å². The van der Waals surface area contributed by atoms with Gasteiger partial charge in [0.1, 0.15) is 5.75 Å². The molecule has 1 aliphatic rings. The van der Waals surface area contributed by atoms with Crippen LogP contribution in [0.25, 0.3) is 11.4 Å². The second-order valence-corrected chi connectivity index (χ2v) is 7.40. The topological polar surface area (TPSA) is 68.5 Å². The second kappa shape index (κ2) is 8.47. The minimum Gasteiger partial charge on any atom is -0.493 e. The Morgan fingerprint density at radius 3 is 2.72 bits per heavy atom. The summed E-state index contributed by atoms with van der Waals surface area (Å²) < 4.78 is 11.2. The number of benzene rings is 2. The lowest BCUT2D eigenvalue weighted by atomic mass is 10.0. The zero-order chi connectivity index (χ0) is 20.2. The highest BCUT2D eigenvalue weighted by molar-refractivity contribution is 5.79. The number of nitrogens with zero attached hydrogens (tertiary/aromatic N) is 3. The van der Waals surface area contributed by atoms with Gasteiger partial charge in [-0.15, -0.1) is 0 Å². The summed E-state index contributed by atoms with van der Waals surface area (Å²) in [4.78, 5) is 19.0. The van der Waals surface area contributed by atoms with E-state index in [2.05, 4.69) is 29.2 Å². The van der Waals surface area contributed by atoms with Crippen molar-refractivity contribution in [3.05, 3.63) is 66.1 Å². The Morgan fingerprint density at radius 1 is 1.17 bits per heavy atom. The van der Waals surface area contributed by atoms with Gasteiger partial charge in [0.25, 0.3) is 0 Å². The largest absolute Gasteiger partial charge is 0.493 e. The van der Waals surface area contributed by atoms with Gasteiger partial charge in [0, 0.05) is 19.5 Å². The second-order valence-electron chi connectivity index (χ2n) is 7.40. The van der Waals surface area contributed by atoms with Crippen molar-refractivity contribution in [1.82, 2.24) is 15.0 Å². The summed E-state index contributed by atoms with van der Waals surface area (Å²) >= 11 is 0. The number of ether oxygens (including phenoxy) is 1. The van der Waals surface area contributed by atoms with Crippen LogP contribution in [-0.4, -0.2) is 40.6 Å². The van der Waals surface area contributed by atoms with Crippen LogP contribution in [0.4, 0.5) is 0 Å². The summed E-state index contributed by atoms with van der Waals surface area (Å²) in [6.07, 6.45) is 0.399. The maximum absolute atomic E-state index is 12.6. The van der Waals surface area contributed by atoms with Crippen molar-refractivity contribution in [2.75, 3.05) is 19.7 Å².